The zero-order valence-electron chi connectivity index (χ0n) is 17.7. The Hall–Kier alpha value is -3.22. The molecule has 7 heteroatoms. The number of hydrogen-bond donors (Lipinski definition) is 1. The quantitative estimate of drug-likeness (QED) is 0.590. The predicted octanol–water partition coefficient (Wildman–Crippen LogP) is 3.27. The van der Waals surface area contributed by atoms with Crippen molar-refractivity contribution in [3.05, 3.63) is 42.5 Å². The van der Waals surface area contributed by atoms with Crippen molar-refractivity contribution in [1.82, 2.24) is 4.90 Å². The molecule has 1 aliphatic carbocycles. The minimum absolute atomic E-state index is 0.299. The molecule has 1 aliphatic heterocycles. The number of anilines is 1. The van der Waals surface area contributed by atoms with Gasteiger partial charge in [0.1, 0.15) is 6.04 Å². The molecule has 2 aromatic carbocycles. The number of nitrogens with one attached hydrogen (secondary N) is 1. The lowest BCUT2D eigenvalue weighted by atomic mass is 9.81. The first-order valence-corrected chi connectivity index (χ1v) is 10.7. The highest BCUT2D eigenvalue weighted by atomic mass is 16.5. The molecule has 0 unspecified atom stereocenters. The Morgan fingerprint density at radius 1 is 0.968 bits per heavy atom. The van der Waals surface area contributed by atoms with Crippen LogP contribution in [-0.2, 0) is 23.9 Å². The highest BCUT2D eigenvalue weighted by Crippen LogP contribution is 2.39. The molecule has 1 saturated heterocycles. The number of amides is 3. The van der Waals surface area contributed by atoms with E-state index in [1.807, 2.05) is 36.4 Å². The maximum absolute atomic E-state index is 12.7. The Labute approximate surface area is 180 Å². The largest absolute Gasteiger partial charge is 0.451 e. The van der Waals surface area contributed by atoms with E-state index < -0.39 is 24.0 Å². The van der Waals surface area contributed by atoms with Crippen LogP contribution >= 0.6 is 0 Å². The molecule has 2 fully saturated rings. The Bertz CT molecular complexity index is 1030. The van der Waals surface area contributed by atoms with Crippen molar-refractivity contribution in [2.24, 2.45) is 11.8 Å². The van der Waals surface area contributed by atoms with E-state index in [1.165, 1.54) is 13.8 Å². The smallest absolute Gasteiger partial charge is 0.329 e. The van der Waals surface area contributed by atoms with E-state index in [-0.39, 0.29) is 23.7 Å². The molecule has 1 heterocycles. The van der Waals surface area contributed by atoms with Crippen LogP contribution in [0.2, 0.25) is 0 Å². The molecule has 0 aromatic heterocycles. The number of likely N-dealkylation sites (tertiary alicyclic amines) is 1. The summed E-state index contributed by atoms with van der Waals surface area (Å²) in [5.41, 5.74) is 0.591. The number of carbonyl (C=O) groups is 4. The average molecular weight is 422 g/mol. The van der Waals surface area contributed by atoms with Crippen molar-refractivity contribution in [2.45, 2.75) is 51.7 Å². The van der Waals surface area contributed by atoms with Gasteiger partial charge in [-0.15, -0.1) is 0 Å². The molecule has 2 aromatic rings. The van der Waals surface area contributed by atoms with E-state index in [0.29, 0.717) is 18.5 Å². The molecule has 31 heavy (non-hydrogen) atoms. The predicted molar refractivity (Wildman–Crippen MR) is 115 cm³/mol. The van der Waals surface area contributed by atoms with E-state index in [1.54, 1.807) is 6.07 Å². The van der Waals surface area contributed by atoms with Crippen LogP contribution in [0.1, 0.15) is 39.5 Å². The Kier molecular flexibility index (Phi) is 5.76. The van der Waals surface area contributed by atoms with Crippen molar-refractivity contribution in [3.63, 3.8) is 0 Å². The Morgan fingerprint density at radius 3 is 2.23 bits per heavy atom. The molecule has 1 saturated carbocycles. The highest BCUT2D eigenvalue weighted by molar-refractivity contribution is 6.08. The topological polar surface area (TPSA) is 92.8 Å². The molecule has 4 rings (SSSR count). The maximum Gasteiger partial charge on any atom is 0.329 e. The van der Waals surface area contributed by atoms with Gasteiger partial charge in [-0.2, -0.15) is 0 Å². The van der Waals surface area contributed by atoms with Gasteiger partial charge in [0.15, 0.2) is 6.10 Å². The van der Waals surface area contributed by atoms with Gasteiger partial charge < -0.3 is 10.1 Å². The van der Waals surface area contributed by atoms with Crippen LogP contribution in [0.5, 0.6) is 0 Å². The maximum atomic E-state index is 12.7. The second-order valence-electron chi connectivity index (χ2n) is 8.35. The number of rotatable bonds is 5. The molecule has 0 bridgehead atoms. The summed E-state index contributed by atoms with van der Waals surface area (Å²) in [5.74, 6) is -2.50. The lowest BCUT2D eigenvalue weighted by molar-refractivity contribution is -0.163. The molecule has 0 spiro atoms. The first-order chi connectivity index (χ1) is 14.9. The van der Waals surface area contributed by atoms with Gasteiger partial charge in [0.2, 0.25) is 11.8 Å². The first kappa shape index (κ1) is 21.0. The lowest BCUT2D eigenvalue weighted by Gasteiger charge is -2.23. The van der Waals surface area contributed by atoms with Gasteiger partial charge in [-0.25, -0.2) is 4.79 Å². The summed E-state index contributed by atoms with van der Waals surface area (Å²) in [4.78, 5) is 51.5. The molecular formula is C24H26N2O5. The van der Waals surface area contributed by atoms with Gasteiger partial charge in [-0.1, -0.05) is 43.2 Å². The van der Waals surface area contributed by atoms with Gasteiger partial charge in [0.05, 0.1) is 11.8 Å². The molecule has 162 valence electrons. The van der Waals surface area contributed by atoms with Gasteiger partial charge in [0, 0.05) is 5.69 Å². The third-order valence-corrected chi connectivity index (χ3v) is 6.28. The van der Waals surface area contributed by atoms with Crippen molar-refractivity contribution < 1.29 is 23.9 Å². The average Bonchev–Trinajstić information content (AvgIpc) is 3.03. The van der Waals surface area contributed by atoms with Crippen molar-refractivity contribution >= 4 is 40.2 Å². The minimum Gasteiger partial charge on any atom is -0.451 e. The summed E-state index contributed by atoms with van der Waals surface area (Å²) in [6.45, 7) is 2.94. The lowest BCUT2D eigenvalue weighted by Crippen LogP contribution is -2.46. The number of nitrogens with zero attached hydrogens (tertiary/aromatic N) is 1. The number of hydrogen-bond acceptors (Lipinski definition) is 5. The highest BCUT2D eigenvalue weighted by Gasteiger charge is 2.51. The Morgan fingerprint density at radius 2 is 1.58 bits per heavy atom. The number of esters is 1. The molecule has 3 amide bonds. The number of carbonyl (C=O) groups excluding carboxylic acids is 4. The molecule has 7 nitrogen and oxygen atoms in total. The molecule has 1 N–H and O–H groups in total. The normalized spacial score (nSPS) is 22.7. The molecule has 0 radical (unpaired) electrons. The standard InChI is InChI=1S/C24H26N2O5/c1-14(26-22(28)19-9-5-6-10-20(19)23(26)29)24(30)31-15(2)21(27)25-18-12-11-16-7-3-4-8-17(16)13-18/h3-4,7-8,11-15,19-20H,5-6,9-10H2,1-2H3,(H,25,27)/t14-,15-,19-,20-/m0/s1. The second-order valence-corrected chi connectivity index (χ2v) is 8.35. The second kappa shape index (κ2) is 8.49. The van der Waals surface area contributed by atoms with Crippen LogP contribution < -0.4 is 5.32 Å². The summed E-state index contributed by atoms with van der Waals surface area (Å²) < 4.78 is 5.30. The van der Waals surface area contributed by atoms with Gasteiger partial charge in [-0.3, -0.25) is 19.3 Å². The number of benzene rings is 2. The first-order valence-electron chi connectivity index (χ1n) is 10.7. The minimum atomic E-state index is -1.07. The fourth-order valence-corrected chi connectivity index (χ4v) is 4.51. The van der Waals surface area contributed by atoms with Crippen LogP contribution in [0.3, 0.4) is 0 Å². The fourth-order valence-electron chi connectivity index (χ4n) is 4.51. The van der Waals surface area contributed by atoms with E-state index >= 15 is 0 Å². The third kappa shape index (κ3) is 4.04. The van der Waals surface area contributed by atoms with Crippen molar-refractivity contribution in [1.29, 1.82) is 0 Å². The summed E-state index contributed by atoms with van der Waals surface area (Å²) >= 11 is 0. The van der Waals surface area contributed by atoms with Crippen LogP contribution in [0.4, 0.5) is 5.69 Å². The molecule has 2 aliphatic rings. The van der Waals surface area contributed by atoms with E-state index in [4.69, 9.17) is 4.74 Å². The van der Waals surface area contributed by atoms with Gasteiger partial charge in [0.25, 0.3) is 5.91 Å². The van der Waals surface area contributed by atoms with E-state index in [0.717, 1.165) is 28.5 Å². The van der Waals surface area contributed by atoms with Crippen molar-refractivity contribution in [2.75, 3.05) is 5.32 Å². The van der Waals surface area contributed by atoms with Gasteiger partial charge >= 0.3 is 5.97 Å². The monoisotopic (exact) mass is 422 g/mol. The number of fused-ring (bicyclic) bond motifs is 2. The van der Waals surface area contributed by atoms with Crippen LogP contribution in [-0.4, -0.2) is 40.7 Å². The summed E-state index contributed by atoms with van der Waals surface area (Å²) in [7, 11) is 0. The summed E-state index contributed by atoms with van der Waals surface area (Å²) in [6, 6.07) is 12.2. The van der Waals surface area contributed by atoms with E-state index in [9.17, 15) is 19.2 Å². The SMILES string of the molecule is C[C@H](OC(=O)[C@H](C)N1C(=O)[C@H]2CCCC[C@@H]2C1=O)C(=O)Nc1ccc2ccccc2c1. The summed E-state index contributed by atoms with van der Waals surface area (Å²) in [6.07, 6.45) is 2.12. The number of imide groups is 1. The van der Waals surface area contributed by atoms with Crippen LogP contribution in [0.25, 0.3) is 10.8 Å². The molecular weight excluding hydrogens is 396 g/mol. The zero-order valence-corrected chi connectivity index (χ0v) is 17.7. The van der Waals surface area contributed by atoms with Crippen LogP contribution in [0, 0.1) is 11.8 Å². The zero-order chi connectivity index (χ0) is 22.1. The van der Waals surface area contributed by atoms with E-state index in [2.05, 4.69) is 5.32 Å². The van der Waals surface area contributed by atoms with Gasteiger partial charge in [-0.05, 0) is 49.6 Å². The van der Waals surface area contributed by atoms with Crippen LogP contribution in [0.15, 0.2) is 42.5 Å². The molecule has 4 atom stereocenters. The summed E-state index contributed by atoms with van der Waals surface area (Å²) in [5, 5.41) is 4.77. The fraction of sp³-hybridized carbons (Fsp3) is 0.417. The Balaban J connectivity index is 1.38. The third-order valence-electron chi connectivity index (χ3n) is 6.28. The van der Waals surface area contributed by atoms with Crippen molar-refractivity contribution in [3.8, 4) is 0 Å². The number of ether oxygens (including phenoxy) is 1.